The summed E-state index contributed by atoms with van der Waals surface area (Å²) in [4.78, 5) is 0. The molecule has 0 spiro atoms. The van der Waals surface area contributed by atoms with E-state index in [9.17, 15) is 8.78 Å². The van der Waals surface area contributed by atoms with E-state index in [0.717, 1.165) is 24.7 Å². The average molecular weight is 247 g/mol. The summed E-state index contributed by atoms with van der Waals surface area (Å²) in [6, 6.07) is 14.1. The maximum absolute atomic E-state index is 13.4. The normalized spacial score (nSPS) is 10.3. The molecule has 0 saturated carbocycles. The van der Waals surface area contributed by atoms with Gasteiger partial charge in [0.1, 0.15) is 0 Å². The molecule has 0 aromatic heterocycles. The number of rotatable bonds is 5. The third-order valence-corrected chi connectivity index (χ3v) is 2.76. The molecule has 2 aromatic rings. The number of benzene rings is 2. The molecule has 0 fully saturated rings. The Labute approximate surface area is 105 Å². The van der Waals surface area contributed by atoms with Gasteiger partial charge in [-0.25, -0.2) is 8.78 Å². The van der Waals surface area contributed by atoms with Crippen LogP contribution < -0.4 is 5.32 Å². The Bertz CT molecular complexity index is 497. The number of hydrogen-bond acceptors (Lipinski definition) is 1. The summed E-state index contributed by atoms with van der Waals surface area (Å²) in [5, 5.41) is 3.23. The highest BCUT2D eigenvalue weighted by molar-refractivity contribution is 5.42. The van der Waals surface area contributed by atoms with Gasteiger partial charge in [-0.3, -0.25) is 0 Å². The van der Waals surface area contributed by atoms with Crippen LogP contribution in [0.2, 0.25) is 0 Å². The molecule has 0 radical (unpaired) electrons. The van der Waals surface area contributed by atoms with E-state index in [1.807, 2.05) is 30.3 Å². The van der Waals surface area contributed by atoms with Crippen LogP contribution in [0.15, 0.2) is 48.5 Å². The van der Waals surface area contributed by atoms with Gasteiger partial charge in [-0.15, -0.1) is 0 Å². The summed E-state index contributed by atoms with van der Waals surface area (Å²) in [6.45, 7) is 0.736. The molecule has 94 valence electrons. The first-order valence-corrected chi connectivity index (χ1v) is 5.99. The molecule has 0 aliphatic heterocycles. The third-order valence-electron chi connectivity index (χ3n) is 2.76. The van der Waals surface area contributed by atoms with Crippen molar-refractivity contribution in [3.8, 4) is 0 Å². The van der Waals surface area contributed by atoms with Crippen molar-refractivity contribution in [2.24, 2.45) is 0 Å². The molecule has 1 nitrogen and oxygen atoms in total. The first kappa shape index (κ1) is 12.6. The van der Waals surface area contributed by atoms with Crippen LogP contribution in [-0.2, 0) is 6.42 Å². The van der Waals surface area contributed by atoms with Crippen molar-refractivity contribution in [1.29, 1.82) is 0 Å². The molecule has 0 aliphatic rings. The Morgan fingerprint density at radius 3 is 2.44 bits per heavy atom. The van der Waals surface area contributed by atoms with Gasteiger partial charge in [-0.05, 0) is 36.6 Å². The highest BCUT2D eigenvalue weighted by Crippen LogP contribution is 2.13. The molecule has 18 heavy (non-hydrogen) atoms. The highest BCUT2D eigenvalue weighted by Gasteiger charge is 2.06. The molecular weight excluding hydrogens is 232 g/mol. The van der Waals surface area contributed by atoms with Crippen LogP contribution in [0.3, 0.4) is 0 Å². The van der Waals surface area contributed by atoms with Gasteiger partial charge in [-0.1, -0.05) is 30.3 Å². The zero-order valence-corrected chi connectivity index (χ0v) is 10.00. The van der Waals surface area contributed by atoms with E-state index in [1.165, 1.54) is 0 Å². The first-order chi connectivity index (χ1) is 8.77. The van der Waals surface area contributed by atoms with Crippen LogP contribution in [0.25, 0.3) is 0 Å². The molecule has 0 aliphatic carbocycles. The molecule has 3 heteroatoms. The Kier molecular flexibility index (Phi) is 4.29. The van der Waals surface area contributed by atoms with Crippen LogP contribution in [0.1, 0.15) is 12.0 Å². The minimum atomic E-state index is -0.775. The van der Waals surface area contributed by atoms with Crippen molar-refractivity contribution in [3.05, 3.63) is 65.7 Å². The second-order valence-electron chi connectivity index (χ2n) is 4.11. The lowest BCUT2D eigenvalue weighted by atomic mass is 10.1. The SMILES string of the molecule is Fc1cccc(CCCNc2ccccc2)c1F. The lowest BCUT2D eigenvalue weighted by molar-refractivity contribution is 0.497. The smallest absolute Gasteiger partial charge is 0.162 e. The first-order valence-electron chi connectivity index (χ1n) is 5.99. The Hall–Kier alpha value is -1.90. The molecule has 0 atom stereocenters. The van der Waals surface area contributed by atoms with E-state index in [1.54, 1.807) is 12.1 Å². The summed E-state index contributed by atoms with van der Waals surface area (Å²) in [5.41, 5.74) is 1.47. The van der Waals surface area contributed by atoms with Gasteiger partial charge in [0.15, 0.2) is 11.6 Å². The van der Waals surface area contributed by atoms with Crippen LogP contribution >= 0.6 is 0 Å². The van der Waals surface area contributed by atoms with Crippen LogP contribution in [0, 0.1) is 11.6 Å². The van der Waals surface area contributed by atoms with E-state index in [4.69, 9.17) is 0 Å². The fraction of sp³-hybridized carbons (Fsp3) is 0.200. The predicted molar refractivity (Wildman–Crippen MR) is 69.6 cm³/mol. The van der Waals surface area contributed by atoms with E-state index < -0.39 is 11.6 Å². The van der Waals surface area contributed by atoms with Gasteiger partial charge < -0.3 is 5.32 Å². The summed E-state index contributed by atoms with van der Waals surface area (Å²) in [5.74, 6) is -1.50. The number of halogens is 2. The van der Waals surface area contributed by atoms with Crippen molar-refractivity contribution in [2.45, 2.75) is 12.8 Å². The molecule has 0 saturated heterocycles. The number of nitrogens with one attached hydrogen (secondary N) is 1. The molecule has 0 amide bonds. The van der Waals surface area contributed by atoms with Gasteiger partial charge >= 0.3 is 0 Å². The molecular formula is C15H15F2N. The van der Waals surface area contributed by atoms with Gasteiger partial charge in [0, 0.05) is 12.2 Å². The quantitative estimate of drug-likeness (QED) is 0.787. The van der Waals surface area contributed by atoms with Crippen molar-refractivity contribution < 1.29 is 8.78 Å². The van der Waals surface area contributed by atoms with E-state index in [0.29, 0.717) is 12.0 Å². The van der Waals surface area contributed by atoms with Gasteiger partial charge in [0.05, 0.1) is 0 Å². The zero-order valence-electron chi connectivity index (χ0n) is 10.00. The van der Waals surface area contributed by atoms with Gasteiger partial charge in [0.2, 0.25) is 0 Å². The van der Waals surface area contributed by atoms with E-state index in [2.05, 4.69) is 5.32 Å². The number of para-hydroxylation sites is 1. The summed E-state index contributed by atoms with van der Waals surface area (Å²) in [6.07, 6.45) is 1.29. The standard InChI is InChI=1S/C15H15F2N/c16-14-10-4-6-12(15(14)17)7-5-11-18-13-8-2-1-3-9-13/h1-4,6,8-10,18H,5,7,11H2. The molecule has 0 bridgehead atoms. The molecule has 2 rings (SSSR count). The van der Waals surface area contributed by atoms with Crippen LogP contribution in [0.4, 0.5) is 14.5 Å². The average Bonchev–Trinajstić information content (AvgIpc) is 2.40. The van der Waals surface area contributed by atoms with E-state index >= 15 is 0 Å². The molecule has 0 heterocycles. The minimum absolute atomic E-state index is 0.435. The van der Waals surface area contributed by atoms with Crippen molar-refractivity contribution in [3.63, 3.8) is 0 Å². The highest BCUT2D eigenvalue weighted by atomic mass is 19.2. The predicted octanol–water partition coefficient (Wildman–Crippen LogP) is 4.01. The second-order valence-corrected chi connectivity index (χ2v) is 4.11. The topological polar surface area (TPSA) is 12.0 Å². The number of hydrogen-bond donors (Lipinski definition) is 1. The van der Waals surface area contributed by atoms with Crippen molar-refractivity contribution in [2.75, 3.05) is 11.9 Å². The summed E-state index contributed by atoms with van der Waals surface area (Å²) < 4.78 is 26.3. The second kappa shape index (κ2) is 6.15. The van der Waals surface area contributed by atoms with Crippen LogP contribution in [0.5, 0.6) is 0 Å². The van der Waals surface area contributed by atoms with Gasteiger partial charge in [-0.2, -0.15) is 0 Å². The molecule has 2 aromatic carbocycles. The third kappa shape index (κ3) is 3.29. The Morgan fingerprint density at radius 1 is 0.889 bits per heavy atom. The monoisotopic (exact) mass is 247 g/mol. The maximum Gasteiger partial charge on any atom is 0.162 e. The van der Waals surface area contributed by atoms with Crippen LogP contribution in [-0.4, -0.2) is 6.54 Å². The summed E-state index contributed by atoms with van der Waals surface area (Å²) >= 11 is 0. The molecule has 1 N–H and O–H groups in total. The lowest BCUT2D eigenvalue weighted by Crippen LogP contribution is -2.04. The Morgan fingerprint density at radius 2 is 1.67 bits per heavy atom. The summed E-state index contributed by atoms with van der Waals surface area (Å²) in [7, 11) is 0. The van der Waals surface area contributed by atoms with Crippen molar-refractivity contribution >= 4 is 5.69 Å². The minimum Gasteiger partial charge on any atom is -0.385 e. The lowest BCUT2D eigenvalue weighted by Gasteiger charge is -2.07. The van der Waals surface area contributed by atoms with E-state index in [-0.39, 0.29) is 0 Å². The molecule has 0 unspecified atom stereocenters. The maximum atomic E-state index is 13.4. The Balaban J connectivity index is 1.81. The number of aryl methyl sites for hydroxylation is 1. The van der Waals surface area contributed by atoms with Crippen molar-refractivity contribution in [1.82, 2.24) is 0 Å². The van der Waals surface area contributed by atoms with Gasteiger partial charge in [0.25, 0.3) is 0 Å². The fourth-order valence-electron chi connectivity index (χ4n) is 1.81. The fourth-order valence-corrected chi connectivity index (χ4v) is 1.81. The zero-order chi connectivity index (χ0) is 12.8. The number of anilines is 1. The largest absolute Gasteiger partial charge is 0.385 e.